The SMILES string of the molecule is c1ccc(-c2nc(-n3c4ccccc4c4cc5c6ccc7ccccc7c6n6c7ccccc7c(c43)c56)c3ccccc3n2)cc1. The van der Waals surface area contributed by atoms with E-state index in [1.54, 1.807) is 0 Å². The summed E-state index contributed by atoms with van der Waals surface area (Å²) in [6.07, 6.45) is 0. The third-order valence-electron chi connectivity index (χ3n) is 9.81. The Kier molecular flexibility index (Phi) is 4.55. The van der Waals surface area contributed by atoms with Crippen LogP contribution in [-0.2, 0) is 0 Å². The Morgan fingerprint density at radius 2 is 1.09 bits per heavy atom. The molecule has 0 atom stereocenters. The van der Waals surface area contributed by atoms with E-state index in [0.29, 0.717) is 0 Å². The van der Waals surface area contributed by atoms with Crippen molar-refractivity contribution >= 4 is 81.6 Å². The summed E-state index contributed by atoms with van der Waals surface area (Å²) in [6, 6.07) is 52.1. The average molecular weight is 585 g/mol. The normalized spacial score (nSPS) is 12.3. The predicted molar refractivity (Wildman–Crippen MR) is 191 cm³/mol. The first kappa shape index (κ1) is 24.1. The van der Waals surface area contributed by atoms with Gasteiger partial charge < -0.3 is 4.40 Å². The number of aromatic nitrogens is 4. The van der Waals surface area contributed by atoms with Gasteiger partial charge >= 0.3 is 0 Å². The van der Waals surface area contributed by atoms with Crippen LogP contribution in [0.25, 0.3) is 98.8 Å². The molecule has 4 aromatic heterocycles. The molecule has 7 aromatic carbocycles. The summed E-state index contributed by atoms with van der Waals surface area (Å²) in [7, 11) is 0. The molecule has 212 valence electrons. The molecule has 4 heteroatoms. The highest BCUT2D eigenvalue weighted by atomic mass is 15.1. The highest BCUT2D eigenvalue weighted by molar-refractivity contribution is 6.35. The lowest BCUT2D eigenvalue weighted by molar-refractivity contribution is 1.08. The number of rotatable bonds is 2. The van der Waals surface area contributed by atoms with Crippen LogP contribution in [0, 0.1) is 0 Å². The summed E-state index contributed by atoms with van der Waals surface area (Å²) in [6.45, 7) is 0. The third-order valence-corrected chi connectivity index (χ3v) is 9.81. The van der Waals surface area contributed by atoms with Gasteiger partial charge in [0.15, 0.2) is 5.82 Å². The predicted octanol–water partition coefficient (Wildman–Crippen LogP) is 10.7. The molecule has 0 saturated heterocycles. The van der Waals surface area contributed by atoms with Crippen LogP contribution in [0.5, 0.6) is 0 Å². The lowest BCUT2D eigenvalue weighted by atomic mass is 10.0. The summed E-state index contributed by atoms with van der Waals surface area (Å²) in [5.74, 6) is 1.61. The third kappa shape index (κ3) is 2.98. The highest BCUT2D eigenvalue weighted by Crippen LogP contribution is 2.47. The van der Waals surface area contributed by atoms with Crippen molar-refractivity contribution in [2.75, 3.05) is 0 Å². The molecule has 0 N–H and O–H groups in total. The monoisotopic (exact) mass is 584 g/mol. The Morgan fingerprint density at radius 1 is 0.413 bits per heavy atom. The number of fused-ring (bicyclic) bond motifs is 13. The molecular formula is C42H24N4. The van der Waals surface area contributed by atoms with Crippen molar-refractivity contribution in [1.29, 1.82) is 0 Å². The van der Waals surface area contributed by atoms with Crippen molar-refractivity contribution in [1.82, 2.24) is 18.9 Å². The average Bonchev–Trinajstić information content (AvgIpc) is 3.76. The Balaban J connectivity index is 1.42. The molecule has 46 heavy (non-hydrogen) atoms. The topological polar surface area (TPSA) is 35.1 Å². The van der Waals surface area contributed by atoms with Crippen LogP contribution in [0.4, 0.5) is 0 Å². The Bertz CT molecular complexity index is 3020. The molecule has 0 fully saturated rings. The van der Waals surface area contributed by atoms with Crippen LogP contribution < -0.4 is 0 Å². The van der Waals surface area contributed by atoms with Gasteiger partial charge in [0.25, 0.3) is 0 Å². The second-order valence-electron chi connectivity index (χ2n) is 12.2. The van der Waals surface area contributed by atoms with Gasteiger partial charge in [-0.05, 0) is 35.7 Å². The first-order valence-electron chi connectivity index (χ1n) is 15.7. The minimum atomic E-state index is 0.721. The minimum absolute atomic E-state index is 0.721. The number of hydrogen-bond donors (Lipinski definition) is 0. The van der Waals surface area contributed by atoms with Crippen LogP contribution in [0.15, 0.2) is 146 Å². The van der Waals surface area contributed by atoms with E-state index in [-0.39, 0.29) is 0 Å². The summed E-state index contributed by atoms with van der Waals surface area (Å²) < 4.78 is 4.91. The van der Waals surface area contributed by atoms with Gasteiger partial charge in [0, 0.05) is 48.7 Å². The maximum Gasteiger partial charge on any atom is 0.162 e. The lowest BCUT2D eigenvalue weighted by Gasteiger charge is -2.13. The smallest absolute Gasteiger partial charge is 0.162 e. The zero-order valence-electron chi connectivity index (χ0n) is 24.6. The standard InChI is InChI=1S/C42H24N4/c1-2-13-26(14-3-1)41-43-34-19-9-6-17-30(34)42(44-41)46-35-20-10-7-16-28(35)32-24-33-29-23-22-25-12-4-5-15-27(25)38(29)45-36-21-11-8-18-31(36)37(39(33)45)40(32)46/h1-24H. The molecule has 11 rings (SSSR count). The molecule has 0 radical (unpaired) electrons. The molecule has 4 nitrogen and oxygen atoms in total. The Labute approximate surface area is 262 Å². The zero-order valence-corrected chi connectivity index (χ0v) is 24.6. The second kappa shape index (κ2) is 8.68. The molecule has 0 aliphatic carbocycles. The number of nitrogens with zero attached hydrogens (tertiary/aromatic N) is 4. The first-order valence-corrected chi connectivity index (χ1v) is 15.7. The summed E-state index contributed by atoms with van der Waals surface area (Å²) >= 11 is 0. The van der Waals surface area contributed by atoms with Gasteiger partial charge in [0.05, 0.1) is 33.1 Å². The maximum atomic E-state index is 5.37. The van der Waals surface area contributed by atoms with Crippen molar-refractivity contribution in [3.63, 3.8) is 0 Å². The Morgan fingerprint density at radius 3 is 1.96 bits per heavy atom. The number of benzene rings is 7. The van der Waals surface area contributed by atoms with E-state index in [1.807, 2.05) is 18.2 Å². The number of hydrogen-bond acceptors (Lipinski definition) is 2. The molecule has 0 aliphatic rings. The van der Waals surface area contributed by atoms with Crippen molar-refractivity contribution in [3.8, 4) is 17.2 Å². The first-order chi connectivity index (χ1) is 22.8. The molecule has 4 heterocycles. The summed E-state index contributed by atoms with van der Waals surface area (Å²) in [4.78, 5) is 10.4. The molecule has 0 saturated carbocycles. The molecule has 0 unspecified atom stereocenters. The van der Waals surface area contributed by atoms with E-state index < -0.39 is 0 Å². The minimum Gasteiger partial charge on any atom is -0.307 e. The molecule has 11 aromatic rings. The Hall–Kier alpha value is -6.26. The van der Waals surface area contributed by atoms with E-state index in [4.69, 9.17) is 9.97 Å². The van der Waals surface area contributed by atoms with Crippen molar-refractivity contribution in [2.24, 2.45) is 0 Å². The second-order valence-corrected chi connectivity index (χ2v) is 12.2. The van der Waals surface area contributed by atoms with Crippen LogP contribution in [0.2, 0.25) is 0 Å². The van der Waals surface area contributed by atoms with Crippen molar-refractivity contribution in [3.05, 3.63) is 146 Å². The summed E-state index contributed by atoms with van der Waals surface area (Å²) in [5, 5.41) is 11.0. The van der Waals surface area contributed by atoms with E-state index in [9.17, 15) is 0 Å². The van der Waals surface area contributed by atoms with E-state index in [0.717, 1.165) is 33.6 Å². The molecule has 0 amide bonds. The van der Waals surface area contributed by atoms with Gasteiger partial charge in [-0.1, -0.05) is 115 Å². The van der Waals surface area contributed by atoms with Gasteiger partial charge in [-0.25, -0.2) is 9.97 Å². The lowest BCUT2D eigenvalue weighted by Crippen LogP contribution is -2.02. The van der Waals surface area contributed by atoms with E-state index in [1.165, 1.54) is 65.2 Å². The summed E-state index contributed by atoms with van der Waals surface area (Å²) in [5.41, 5.74) is 7.98. The molecule has 0 aliphatic heterocycles. The van der Waals surface area contributed by atoms with Gasteiger partial charge in [-0.2, -0.15) is 0 Å². The highest BCUT2D eigenvalue weighted by Gasteiger charge is 2.26. The van der Waals surface area contributed by atoms with Gasteiger partial charge in [-0.3, -0.25) is 4.57 Å². The van der Waals surface area contributed by atoms with Crippen LogP contribution in [0.1, 0.15) is 0 Å². The molecule has 0 bridgehead atoms. The molecular weight excluding hydrogens is 560 g/mol. The van der Waals surface area contributed by atoms with Crippen LogP contribution in [0.3, 0.4) is 0 Å². The quantitative estimate of drug-likeness (QED) is 0.203. The van der Waals surface area contributed by atoms with Gasteiger partial charge in [-0.15, -0.1) is 0 Å². The maximum absolute atomic E-state index is 5.37. The zero-order chi connectivity index (χ0) is 29.9. The van der Waals surface area contributed by atoms with Gasteiger partial charge in [0.1, 0.15) is 5.82 Å². The number of para-hydroxylation sites is 3. The molecule has 0 spiro atoms. The largest absolute Gasteiger partial charge is 0.307 e. The fourth-order valence-corrected chi connectivity index (χ4v) is 7.92. The van der Waals surface area contributed by atoms with Crippen molar-refractivity contribution < 1.29 is 0 Å². The van der Waals surface area contributed by atoms with E-state index >= 15 is 0 Å². The van der Waals surface area contributed by atoms with Gasteiger partial charge in [0.2, 0.25) is 0 Å². The van der Waals surface area contributed by atoms with Crippen molar-refractivity contribution in [2.45, 2.75) is 0 Å². The fraction of sp³-hybridized carbons (Fsp3) is 0. The van der Waals surface area contributed by atoms with E-state index in [2.05, 4.69) is 136 Å². The van der Waals surface area contributed by atoms with Crippen LogP contribution in [-0.4, -0.2) is 18.9 Å². The van der Waals surface area contributed by atoms with Crippen LogP contribution >= 0.6 is 0 Å². The fourth-order valence-electron chi connectivity index (χ4n) is 7.92.